The highest BCUT2D eigenvalue weighted by Gasteiger charge is 2.21. The number of aromatic nitrogens is 1. The van der Waals surface area contributed by atoms with Gasteiger partial charge in [0, 0.05) is 11.8 Å². The Morgan fingerprint density at radius 2 is 2.21 bits per heavy atom. The molecule has 76 valence electrons. The molecule has 0 fully saturated rings. The summed E-state index contributed by atoms with van der Waals surface area (Å²) in [5, 5.41) is -0.0104. The first-order chi connectivity index (χ1) is 6.45. The molecular formula is C7H4ClF2IN2O. The molecule has 1 amide bonds. The lowest BCUT2D eigenvalue weighted by Crippen LogP contribution is -2.16. The van der Waals surface area contributed by atoms with E-state index in [0.29, 0.717) is 0 Å². The van der Waals surface area contributed by atoms with Crippen LogP contribution < -0.4 is 5.73 Å². The zero-order chi connectivity index (χ0) is 10.9. The number of nitrogens with zero attached hydrogens (tertiary/aromatic N) is 1. The average Bonchev–Trinajstić information content (AvgIpc) is 2.08. The lowest BCUT2D eigenvalue weighted by atomic mass is 10.1. The van der Waals surface area contributed by atoms with Gasteiger partial charge in [0.1, 0.15) is 5.15 Å². The van der Waals surface area contributed by atoms with Crippen molar-refractivity contribution >= 4 is 40.1 Å². The van der Waals surface area contributed by atoms with Gasteiger partial charge in [-0.3, -0.25) is 4.79 Å². The van der Waals surface area contributed by atoms with Crippen molar-refractivity contribution in [3.8, 4) is 0 Å². The predicted octanol–water partition coefficient (Wildman–Crippen LogP) is 2.38. The van der Waals surface area contributed by atoms with Crippen LogP contribution >= 0.6 is 34.2 Å². The highest BCUT2D eigenvalue weighted by atomic mass is 127. The van der Waals surface area contributed by atoms with E-state index in [1.165, 1.54) is 0 Å². The van der Waals surface area contributed by atoms with E-state index in [1.807, 2.05) is 0 Å². The van der Waals surface area contributed by atoms with Gasteiger partial charge in [0.25, 0.3) is 6.43 Å². The number of carbonyl (C=O) groups excluding carboxylic acids is 1. The van der Waals surface area contributed by atoms with Crippen molar-refractivity contribution in [1.82, 2.24) is 4.98 Å². The third-order valence-electron chi connectivity index (χ3n) is 1.49. The van der Waals surface area contributed by atoms with Gasteiger partial charge in [-0.15, -0.1) is 0 Å². The fourth-order valence-corrected chi connectivity index (χ4v) is 1.75. The first-order valence-electron chi connectivity index (χ1n) is 3.37. The number of amides is 1. The third-order valence-corrected chi connectivity index (χ3v) is 3.14. The number of pyridine rings is 1. The van der Waals surface area contributed by atoms with Crippen LogP contribution in [0.15, 0.2) is 6.20 Å². The molecule has 2 N–H and O–H groups in total. The first kappa shape index (κ1) is 11.6. The van der Waals surface area contributed by atoms with Crippen LogP contribution in [0.5, 0.6) is 0 Å². The van der Waals surface area contributed by atoms with E-state index in [4.69, 9.17) is 17.3 Å². The summed E-state index contributed by atoms with van der Waals surface area (Å²) < 4.78 is 25.0. The fraction of sp³-hybridized carbons (Fsp3) is 0.143. The standard InChI is InChI=1S/C7H4ClF2IN2O/c8-5-4(11)3(7(12)14)2(1-13-5)6(9)10/h1,6H,(H2,12,14). The van der Waals surface area contributed by atoms with Crippen molar-refractivity contribution < 1.29 is 13.6 Å². The van der Waals surface area contributed by atoms with E-state index < -0.39 is 17.9 Å². The average molecular weight is 332 g/mol. The van der Waals surface area contributed by atoms with Crippen LogP contribution in [0, 0.1) is 3.57 Å². The summed E-state index contributed by atoms with van der Waals surface area (Å²) in [6.07, 6.45) is -1.94. The number of hydrogen-bond donors (Lipinski definition) is 1. The molecule has 7 heteroatoms. The van der Waals surface area contributed by atoms with Gasteiger partial charge in [-0.1, -0.05) is 11.6 Å². The summed E-state index contributed by atoms with van der Waals surface area (Å²) in [4.78, 5) is 14.4. The van der Waals surface area contributed by atoms with Crippen molar-refractivity contribution in [2.45, 2.75) is 6.43 Å². The zero-order valence-corrected chi connectivity index (χ0v) is 9.51. The van der Waals surface area contributed by atoms with Crippen LogP contribution in [0.3, 0.4) is 0 Å². The zero-order valence-electron chi connectivity index (χ0n) is 6.60. The highest BCUT2D eigenvalue weighted by molar-refractivity contribution is 14.1. The lowest BCUT2D eigenvalue weighted by molar-refractivity contribution is 0.0984. The number of halogens is 4. The van der Waals surface area contributed by atoms with Crippen molar-refractivity contribution in [3.05, 3.63) is 26.0 Å². The van der Waals surface area contributed by atoms with Crippen LogP contribution in [-0.4, -0.2) is 10.9 Å². The molecular weight excluding hydrogens is 328 g/mol. The molecule has 1 aromatic rings. The third kappa shape index (κ3) is 2.11. The Balaban J connectivity index is 3.45. The van der Waals surface area contributed by atoms with Gasteiger partial charge in [-0.2, -0.15) is 0 Å². The van der Waals surface area contributed by atoms with Crippen molar-refractivity contribution in [2.24, 2.45) is 5.73 Å². The maximum absolute atomic E-state index is 12.4. The van der Waals surface area contributed by atoms with Gasteiger partial charge in [0.2, 0.25) is 5.91 Å². The SMILES string of the molecule is NC(=O)c1c(C(F)F)cnc(Cl)c1I. The minimum Gasteiger partial charge on any atom is -0.366 e. The molecule has 0 atom stereocenters. The topological polar surface area (TPSA) is 56.0 Å². The van der Waals surface area contributed by atoms with E-state index in [0.717, 1.165) is 6.20 Å². The van der Waals surface area contributed by atoms with Crippen LogP contribution in [0.25, 0.3) is 0 Å². The Hall–Kier alpha value is -0.500. The van der Waals surface area contributed by atoms with Gasteiger partial charge < -0.3 is 5.73 Å². The van der Waals surface area contributed by atoms with Crippen LogP contribution in [0.2, 0.25) is 5.15 Å². The summed E-state index contributed by atoms with van der Waals surface area (Å²) in [7, 11) is 0. The molecule has 0 unspecified atom stereocenters. The maximum atomic E-state index is 12.4. The molecule has 0 aliphatic heterocycles. The monoisotopic (exact) mass is 332 g/mol. The number of primary amides is 1. The Labute approximate surface area is 96.8 Å². The lowest BCUT2D eigenvalue weighted by Gasteiger charge is -2.07. The number of hydrogen-bond acceptors (Lipinski definition) is 2. The van der Waals surface area contributed by atoms with Crippen LogP contribution in [0.4, 0.5) is 8.78 Å². The van der Waals surface area contributed by atoms with E-state index >= 15 is 0 Å². The summed E-state index contributed by atoms with van der Waals surface area (Å²) in [6, 6.07) is 0. The second-order valence-electron chi connectivity index (χ2n) is 2.36. The molecule has 0 saturated heterocycles. The van der Waals surface area contributed by atoms with Gasteiger partial charge >= 0.3 is 0 Å². The molecule has 1 heterocycles. The molecule has 1 aromatic heterocycles. The number of carbonyl (C=O) groups is 1. The molecule has 0 radical (unpaired) electrons. The molecule has 0 bridgehead atoms. The minimum atomic E-state index is -2.80. The Morgan fingerprint density at radius 3 is 2.64 bits per heavy atom. The molecule has 3 nitrogen and oxygen atoms in total. The molecule has 0 spiro atoms. The van der Waals surface area contributed by atoms with E-state index in [-0.39, 0.29) is 14.3 Å². The van der Waals surface area contributed by atoms with Gasteiger partial charge in [-0.05, 0) is 22.6 Å². The van der Waals surface area contributed by atoms with Gasteiger partial charge in [0.05, 0.1) is 9.13 Å². The molecule has 1 rings (SSSR count). The van der Waals surface area contributed by atoms with Crippen molar-refractivity contribution in [1.29, 1.82) is 0 Å². The highest BCUT2D eigenvalue weighted by Crippen LogP contribution is 2.28. The Kier molecular flexibility index (Phi) is 3.59. The molecule has 0 aliphatic carbocycles. The molecule has 0 aromatic carbocycles. The first-order valence-corrected chi connectivity index (χ1v) is 4.82. The molecule has 0 aliphatic rings. The Morgan fingerprint density at radius 1 is 1.64 bits per heavy atom. The molecule has 0 saturated carbocycles. The number of rotatable bonds is 2. The van der Waals surface area contributed by atoms with Gasteiger partial charge in [0.15, 0.2) is 0 Å². The predicted molar refractivity (Wildman–Crippen MR) is 55.4 cm³/mol. The summed E-state index contributed by atoms with van der Waals surface area (Å²) in [5.74, 6) is -0.936. The summed E-state index contributed by atoms with van der Waals surface area (Å²) >= 11 is 7.21. The Bertz CT molecular complexity index is 386. The van der Waals surface area contributed by atoms with Crippen LogP contribution in [-0.2, 0) is 0 Å². The normalized spacial score (nSPS) is 10.6. The summed E-state index contributed by atoms with van der Waals surface area (Å²) in [5.41, 5.74) is 4.20. The quantitative estimate of drug-likeness (QED) is 0.668. The van der Waals surface area contributed by atoms with Gasteiger partial charge in [-0.25, -0.2) is 13.8 Å². The van der Waals surface area contributed by atoms with E-state index in [2.05, 4.69) is 4.98 Å². The van der Waals surface area contributed by atoms with Crippen LogP contribution in [0.1, 0.15) is 22.3 Å². The van der Waals surface area contributed by atoms with E-state index in [9.17, 15) is 13.6 Å². The van der Waals surface area contributed by atoms with Crippen molar-refractivity contribution in [2.75, 3.05) is 0 Å². The number of alkyl halides is 2. The van der Waals surface area contributed by atoms with Crippen molar-refractivity contribution in [3.63, 3.8) is 0 Å². The largest absolute Gasteiger partial charge is 0.366 e. The maximum Gasteiger partial charge on any atom is 0.266 e. The second kappa shape index (κ2) is 4.35. The number of nitrogens with two attached hydrogens (primary N) is 1. The molecule has 14 heavy (non-hydrogen) atoms. The fourth-order valence-electron chi connectivity index (χ4n) is 0.893. The minimum absolute atomic E-state index is 0.0104. The smallest absolute Gasteiger partial charge is 0.266 e. The summed E-state index contributed by atoms with van der Waals surface area (Å²) in [6.45, 7) is 0. The van der Waals surface area contributed by atoms with E-state index in [1.54, 1.807) is 22.6 Å². The second-order valence-corrected chi connectivity index (χ2v) is 3.80.